The Kier molecular flexibility index (Phi) is 6.60. The van der Waals surface area contributed by atoms with Crippen molar-refractivity contribution in [3.8, 4) is 0 Å². The Balaban J connectivity index is 2.07. The van der Waals surface area contributed by atoms with Gasteiger partial charge in [0.25, 0.3) is 0 Å². The molecular weight excluding hydrogens is 286 g/mol. The third-order valence-electron chi connectivity index (χ3n) is 4.03. The fourth-order valence-electron chi connectivity index (χ4n) is 2.67. The number of amides is 2. The van der Waals surface area contributed by atoms with Crippen LogP contribution >= 0.6 is 0 Å². The quantitative estimate of drug-likeness (QED) is 0.851. The highest BCUT2D eigenvalue weighted by atomic mass is 16.2. The molecule has 1 unspecified atom stereocenters. The van der Waals surface area contributed by atoms with Crippen LogP contribution < -0.4 is 5.32 Å². The zero-order chi connectivity index (χ0) is 16.5. The van der Waals surface area contributed by atoms with Gasteiger partial charge in [-0.3, -0.25) is 4.98 Å². The first kappa shape index (κ1) is 17.0. The number of nitrogens with zero attached hydrogens (tertiary/aromatic N) is 2. The molecule has 0 aliphatic carbocycles. The van der Waals surface area contributed by atoms with Gasteiger partial charge >= 0.3 is 6.03 Å². The molecule has 0 aliphatic heterocycles. The molecule has 0 saturated heterocycles. The number of hydrogen-bond donors (Lipinski definition) is 1. The number of aromatic nitrogens is 1. The van der Waals surface area contributed by atoms with Gasteiger partial charge in [0.15, 0.2) is 0 Å². The molecule has 4 nitrogen and oxygen atoms in total. The van der Waals surface area contributed by atoms with Crippen LogP contribution in [0.15, 0.2) is 54.9 Å². The molecule has 1 aromatic carbocycles. The van der Waals surface area contributed by atoms with Gasteiger partial charge in [0.2, 0.25) is 0 Å². The van der Waals surface area contributed by atoms with Crippen molar-refractivity contribution >= 4 is 6.03 Å². The third-order valence-corrected chi connectivity index (χ3v) is 4.03. The normalized spacial score (nSPS) is 11.7. The van der Waals surface area contributed by atoms with Gasteiger partial charge in [-0.05, 0) is 37.5 Å². The molecule has 1 heterocycles. The summed E-state index contributed by atoms with van der Waals surface area (Å²) in [4.78, 5) is 18.2. The van der Waals surface area contributed by atoms with Crippen LogP contribution in [0.25, 0.3) is 0 Å². The lowest BCUT2D eigenvalue weighted by Crippen LogP contribution is -2.41. The van der Waals surface area contributed by atoms with Crippen LogP contribution in [0.5, 0.6) is 0 Å². The van der Waals surface area contributed by atoms with E-state index in [0.29, 0.717) is 6.54 Å². The van der Waals surface area contributed by atoms with Crippen LogP contribution in [0.4, 0.5) is 4.79 Å². The summed E-state index contributed by atoms with van der Waals surface area (Å²) in [6.45, 7) is 6.05. The van der Waals surface area contributed by atoms with Crippen molar-refractivity contribution < 1.29 is 4.79 Å². The second-order valence-electron chi connectivity index (χ2n) is 5.53. The molecule has 2 aromatic rings. The van der Waals surface area contributed by atoms with Crippen LogP contribution in [0.1, 0.15) is 30.9 Å². The molecule has 0 fully saturated rings. The molecule has 0 saturated carbocycles. The SMILES string of the molecule is CCN(CC)C(=O)NCC(Cc1cccnc1)c1ccccc1. The van der Waals surface area contributed by atoms with E-state index in [9.17, 15) is 4.79 Å². The van der Waals surface area contributed by atoms with Gasteiger partial charge in [-0.25, -0.2) is 4.79 Å². The van der Waals surface area contributed by atoms with E-state index >= 15 is 0 Å². The Labute approximate surface area is 138 Å². The van der Waals surface area contributed by atoms with Crippen LogP contribution in [0.3, 0.4) is 0 Å². The minimum Gasteiger partial charge on any atom is -0.337 e. The molecule has 2 amide bonds. The van der Waals surface area contributed by atoms with E-state index in [1.54, 1.807) is 11.1 Å². The number of urea groups is 1. The number of rotatable bonds is 7. The van der Waals surface area contributed by atoms with Crippen LogP contribution in [-0.2, 0) is 6.42 Å². The largest absolute Gasteiger partial charge is 0.337 e. The van der Waals surface area contributed by atoms with E-state index in [4.69, 9.17) is 0 Å². The minimum atomic E-state index is 0.00196. The second kappa shape index (κ2) is 8.93. The summed E-state index contributed by atoms with van der Waals surface area (Å²) in [5.41, 5.74) is 2.41. The number of hydrogen-bond acceptors (Lipinski definition) is 2. The topological polar surface area (TPSA) is 45.2 Å². The Morgan fingerprint density at radius 1 is 1.13 bits per heavy atom. The van der Waals surface area contributed by atoms with Crippen molar-refractivity contribution in [1.29, 1.82) is 0 Å². The minimum absolute atomic E-state index is 0.00196. The molecule has 1 atom stereocenters. The van der Waals surface area contributed by atoms with Gasteiger partial charge in [0.05, 0.1) is 0 Å². The summed E-state index contributed by atoms with van der Waals surface area (Å²) in [5.74, 6) is 0.236. The summed E-state index contributed by atoms with van der Waals surface area (Å²) in [5, 5.41) is 3.07. The second-order valence-corrected chi connectivity index (χ2v) is 5.53. The molecule has 23 heavy (non-hydrogen) atoms. The summed E-state index contributed by atoms with van der Waals surface area (Å²) in [6, 6.07) is 14.4. The number of carbonyl (C=O) groups is 1. The van der Waals surface area contributed by atoms with E-state index in [-0.39, 0.29) is 11.9 Å². The lowest BCUT2D eigenvalue weighted by Gasteiger charge is -2.23. The van der Waals surface area contributed by atoms with Crippen molar-refractivity contribution in [1.82, 2.24) is 15.2 Å². The first-order valence-electron chi connectivity index (χ1n) is 8.21. The Hall–Kier alpha value is -2.36. The maximum Gasteiger partial charge on any atom is 0.317 e. The van der Waals surface area contributed by atoms with Gasteiger partial charge in [-0.1, -0.05) is 36.4 Å². The lowest BCUT2D eigenvalue weighted by atomic mass is 9.92. The molecule has 0 spiro atoms. The Morgan fingerprint density at radius 3 is 2.48 bits per heavy atom. The molecule has 1 N–H and O–H groups in total. The number of carbonyl (C=O) groups excluding carboxylic acids is 1. The summed E-state index contributed by atoms with van der Waals surface area (Å²) in [6.07, 6.45) is 4.53. The summed E-state index contributed by atoms with van der Waals surface area (Å²) >= 11 is 0. The van der Waals surface area contributed by atoms with Crippen molar-refractivity contribution in [3.05, 3.63) is 66.0 Å². The summed E-state index contributed by atoms with van der Waals surface area (Å²) in [7, 11) is 0. The van der Waals surface area contributed by atoms with Gasteiger partial charge in [-0.15, -0.1) is 0 Å². The average Bonchev–Trinajstić information content (AvgIpc) is 2.61. The zero-order valence-corrected chi connectivity index (χ0v) is 13.9. The molecule has 4 heteroatoms. The van der Waals surface area contributed by atoms with Crippen LogP contribution in [-0.4, -0.2) is 35.5 Å². The van der Waals surface area contributed by atoms with Gasteiger partial charge in [-0.2, -0.15) is 0 Å². The highest BCUT2D eigenvalue weighted by Gasteiger charge is 2.15. The Morgan fingerprint density at radius 2 is 1.87 bits per heavy atom. The average molecular weight is 311 g/mol. The highest BCUT2D eigenvalue weighted by Crippen LogP contribution is 2.20. The van der Waals surface area contributed by atoms with Gasteiger partial charge < -0.3 is 10.2 Å². The Bertz CT molecular complexity index is 582. The smallest absolute Gasteiger partial charge is 0.317 e. The van der Waals surface area contributed by atoms with Crippen molar-refractivity contribution in [3.63, 3.8) is 0 Å². The molecule has 1 aromatic heterocycles. The molecule has 0 radical (unpaired) electrons. The first-order valence-corrected chi connectivity index (χ1v) is 8.21. The fourth-order valence-corrected chi connectivity index (χ4v) is 2.67. The number of nitrogens with one attached hydrogen (secondary N) is 1. The third kappa shape index (κ3) is 5.09. The van der Waals surface area contributed by atoms with Crippen LogP contribution in [0, 0.1) is 0 Å². The molecule has 122 valence electrons. The summed E-state index contributed by atoms with van der Waals surface area (Å²) < 4.78 is 0. The highest BCUT2D eigenvalue weighted by molar-refractivity contribution is 5.74. The predicted octanol–water partition coefficient (Wildman–Crippen LogP) is 3.46. The molecular formula is C19H25N3O. The van der Waals surface area contributed by atoms with Crippen molar-refractivity contribution in [2.45, 2.75) is 26.2 Å². The van der Waals surface area contributed by atoms with Crippen LogP contribution in [0.2, 0.25) is 0 Å². The standard InChI is InChI=1S/C19H25N3O/c1-3-22(4-2)19(23)21-15-18(17-10-6-5-7-11-17)13-16-9-8-12-20-14-16/h5-12,14,18H,3-4,13,15H2,1-2H3,(H,21,23). The monoisotopic (exact) mass is 311 g/mol. The predicted molar refractivity (Wildman–Crippen MR) is 93.4 cm³/mol. The molecule has 0 aliphatic rings. The maximum atomic E-state index is 12.2. The van der Waals surface area contributed by atoms with Gasteiger partial charge in [0, 0.05) is 37.9 Å². The van der Waals surface area contributed by atoms with E-state index in [1.165, 1.54) is 11.1 Å². The lowest BCUT2D eigenvalue weighted by molar-refractivity contribution is 0.202. The zero-order valence-electron chi connectivity index (χ0n) is 13.9. The van der Waals surface area contributed by atoms with E-state index < -0.39 is 0 Å². The van der Waals surface area contributed by atoms with Crippen molar-refractivity contribution in [2.75, 3.05) is 19.6 Å². The first-order chi connectivity index (χ1) is 11.2. The fraction of sp³-hybridized carbons (Fsp3) is 0.368. The van der Waals surface area contributed by atoms with Crippen molar-refractivity contribution in [2.24, 2.45) is 0 Å². The van der Waals surface area contributed by atoms with Gasteiger partial charge in [0.1, 0.15) is 0 Å². The molecule has 2 rings (SSSR count). The van der Waals surface area contributed by atoms with E-state index in [0.717, 1.165) is 19.5 Å². The van der Waals surface area contributed by atoms with E-state index in [1.807, 2.05) is 44.3 Å². The number of benzene rings is 1. The number of pyridine rings is 1. The molecule has 0 bridgehead atoms. The van der Waals surface area contributed by atoms with E-state index in [2.05, 4.69) is 28.5 Å². The maximum absolute atomic E-state index is 12.2.